The van der Waals surface area contributed by atoms with Crippen LogP contribution in [0.2, 0.25) is 5.02 Å². The summed E-state index contributed by atoms with van der Waals surface area (Å²) in [6.45, 7) is 23.6. The molecule has 9 aromatic rings. The van der Waals surface area contributed by atoms with Gasteiger partial charge in [-0.1, -0.05) is 92.2 Å². The second-order valence-electron chi connectivity index (χ2n) is 35.4. The molecule has 700 valence electrons. The number of urea groups is 1. The van der Waals surface area contributed by atoms with E-state index in [0.29, 0.717) is 143 Å². The fraction of sp³-hybridized carbons (Fsp3) is 0.427. The smallest absolute Gasteiger partial charge is 0.408 e. The number of ether oxygens (including phenoxy) is 10. The summed E-state index contributed by atoms with van der Waals surface area (Å²) in [6.07, 6.45) is -0.946. The highest BCUT2D eigenvalue weighted by atomic mass is 35.5. The van der Waals surface area contributed by atoms with Gasteiger partial charge >= 0.3 is 36.1 Å². The number of piperazine rings is 1. The minimum Gasteiger partial charge on any atom is -0.497 e. The van der Waals surface area contributed by atoms with Crippen LogP contribution in [-0.2, 0) is 85.2 Å². The SMILES string of the molecule is COc1ccc(COC(=O)[C@@H](Cc2ccccc2OCc2ccnc(-c3ccccc3OC)n2)Oc2ncnc3sc(-c4ccc(F)cc4)c(-c4ccc(OCCN5CC[N+](C)(Cc6ccc(NC(=O)[C@H](CCCNC(N)=O)NC(=O)[C@@H](NC(=O)OC(C)(C)C)C(C)C)cc6CN(C)C(=O)C[C@H](NC(=O)OCCC(=O)OC(C)(C)C)C(=O)OC(C)(C)C)CC5)c(Cl)c4C)c23)cc1. The summed E-state index contributed by atoms with van der Waals surface area (Å²) in [5, 5.41) is 14.1. The van der Waals surface area contributed by atoms with Crippen molar-refractivity contribution in [3.05, 3.63) is 190 Å². The molecule has 0 aliphatic carbocycles. The van der Waals surface area contributed by atoms with Crippen molar-refractivity contribution in [2.24, 2.45) is 11.7 Å². The molecule has 32 nitrogen and oxygen atoms in total. The van der Waals surface area contributed by atoms with E-state index in [2.05, 4.69) is 43.5 Å². The van der Waals surface area contributed by atoms with Crippen molar-refractivity contribution >= 4 is 92.7 Å². The predicted octanol–water partition coefficient (Wildman–Crippen LogP) is 14.2. The van der Waals surface area contributed by atoms with E-state index < -0.39 is 113 Å². The summed E-state index contributed by atoms with van der Waals surface area (Å²) in [5.41, 5.74) is 9.46. The number of fused-ring (bicyclic) bond motifs is 1. The van der Waals surface area contributed by atoms with E-state index in [1.165, 1.54) is 41.7 Å². The zero-order valence-corrected chi connectivity index (χ0v) is 78.5. The molecular formula is C96H118ClFN13O19S+. The standard InChI is InChI=1S/C96H117ClFN13O19S/c1-58(2)82(108-93(120)130-96(10,11)12)86(115)106-71(24-21-41-101-91(99)118)85(114)105-66-34-31-63(64(50-66)53-109(13)77(112)52-72(89(116)129-95(7,8)9)107-92(119)124-48-40-78(113)128-94(4,5)6)54-111(14)46-43-110(44-47-111)45-49-123-75-38-37-69(59(3)81(75)97)79-80-87(102-57-103-88(80)131-83(79)61-29-32-65(98)33-30-61)127-76(90(117)126-55-60-27-35-68(121-15)36-28-60)51-62-22-17-19-25-73(62)125-56-67-39-42-100-84(104-67)70-23-18-20-26-74(70)122-16/h17-20,22-23,25-39,42,50,57-58,71-72,76,82H,21,24,40-41,43-49,51-56H2,1-16H3,(H6-,99,101,105,106,107,108,114,115,118,119,120)/p+1/t71-,72-,76+,82-/m0/s1. The number of hydrogen-bond donors (Lipinski definition) is 6. The molecule has 6 aromatic carbocycles. The molecule has 0 saturated carbocycles. The number of methoxy groups -OCH3 is 2. The van der Waals surface area contributed by atoms with Gasteiger partial charge in [0.2, 0.25) is 29.7 Å². The number of hydrogen-bond acceptors (Lipinski definition) is 25. The van der Waals surface area contributed by atoms with Crippen LogP contribution in [0.1, 0.15) is 135 Å². The molecule has 0 spiro atoms. The maximum atomic E-state index is 14.9. The molecule has 1 saturated heterocycles. The molecule has 7 N–H and O–H groups in total. The Morgan fingerprint density at radius 1 is 0.679 bits per heavy atom. The van der Waals surface area contributed by atoms with E-state index in [1.54, 1.807) is 163 Å². The van der Waals surface area contributed by atoms with E-state index in [9.17, 15) is 47.5 Å². The van der Waals surface area contributed by atoms with Crippen LogP contribution in [0.3, 0.4) is 0 Å². The lowest BCUT2D eigenvalue weighted by Crippen LogP contribution is -2.57. The normalized spacial score (nSPS) is 13.7. The third-order valence-corrected chi connectivity index (χ3v) is 22.6. The first-order valence-electron chi connectivity index (χ1n) is 43.1. The summed E-state index contributed by atoms with van der Waals surface area (Å²) in [4.78, 5) is 146. The number of carbonyl (C=O) groups excluding carboxylic acids is 9. The maximum Gasteiger partial charge on any atom is 0.408 e. The van der Waals surface area contributed by atoms with Crippen LogP contribution in [0.15, 0.2) is 146 Å². The molecule has 0 unspecified atom stereocenters. The van der Waals surface area contributed by atoms with Crippen molar-refractivity contribution in [2.45, 2.75) is 183 Å². The highest BCUT2D eigenvalue weighted by Gasteiger charge is 2.37. The lowest BCUT2D eigenvalue weighted by atomic mass is 9.96. The van der Waals surface area contributed by atoms with Gasteiger partial charge < -0.3 is 89.1 Å². The van der Waals surface area contributed by atoms with Crippen LogP contribution in [0.25, 0.3) is 43.2 Å². The van der Waals surface area contributed by atoms with Crippen LogP contribution < -0.4 is 56.0 Å². The number of amides is 7. The molecule has 35 heteroatoms. The molecule has 4 heterocycles. The minimum absolute atomic E-state index is 0.0177. The number of alkyl carbamates (subject to hydrolysis) is 2. The number of para-hydroxylation sites is 2. The number of esters is 3. The van der Waals surface area contributed by atoms with Crippen molar-refractivity contribution in [3.63, 3.8) is 0 Å². The highest BCUT2D eigenvalue weighted by molar-refractivity contribution is 7.22. The number of aromatic nitrogens is 4. The first-order chi connectivity index (χ1) is 62.1. The Morgan fingerprint density at radius 2 is 1.37 bits per heavy atom. The van der Waals surface area contributed by atoms with Gasteiger partial charge in [0.15, 0.2) is 5.82 Å². The quantitative estimate of drug-likeness (QED) is 0.00899. The number of likely N-dealkylation sites (N-methyl/N-ethyl adjacent to an activating group) is 1. The Hall–Kier alpha value is -12.8. The van der Waals surface area contributed by atoms with Gasteiger partial charge in [-0.25, -0.2) is 48.3 Å². The minimum atomic E-state index is -1.54. The molecule has 1 aliphatic rings. The monoisotopic (exact) mass is 1840 g/mol. The lowest BCUT2D eigenvalue weighted by molar-refractivity contribution is -0.926. The van der Waals surface area contributed by atoms with Gasteiger partial charge in [-0.3, -0.25) is 24.1 Å². The van der Waals surface area contributed by atoms with Gasteiger partial charge in [-0.2, -0.15) is 0 Å². The van der Waals surface area contributed by atoms with Crippen molar-refractivity contribution in [1.82, 2.24) is 51.0 Å². The van der Waals surface area contributed by atoms with Crippen molar-refractivity contribution in [3.8, 4) is 61.8 Å². The molecule has 4 atom stereocenters. The average Bonchev–Trinajstić information content (AvgIpc) is 1.59. The predicted molar refractivity (Wildman–Crippen MR) is 493 cm³/mol. The second kappa shape index (κ2) is 45.7. The summed E-state index contributed by atoms with van der Waals surface area (Å²) >= 11 is 8.77. The fourth-order valence-corrected chi connectivity index (χ4v) is 15.7. The van der Waals surface area contributed by atoms with Crippen molar-refractivity contribution in [1.29, 1.82) is 0 Å². The van der Waals surface area contributed by atoms with Crippen LogP contribution >= 0.6 is 22.9 Å². The highest BCUT2D eigenvalue weighted by Crippen LogP contribution is 2.50. The molecule has 0 radical (unpaired) electrons. The second-order valence-corrected chi connectivity index (χ2v) is 36.7. The van der Waals surface area contributed by atoms with Gasteiger partial charge in [0, 0.05) is 74.1 Å². The zero-order valence-electron chi connectivity index (χ0n) is 76.9. The summed E-state index contributed by atoms with van der Waals surface area (Å²) in [7, 11) is 6.79. The number of rotatable bonds is 40. The van der Waals surface area contributed by atoms with Crippen LogP contribution in [0.4, 0.5) is 24.5 Å². The van der Waals surface area contributed by atoms with Gasteiger partial charge in [0.25, 0.3) is 0 Å². The van der Waals surface area contributed by atoms with Gasteiger partial charge in [0.05, 0.1) is 68.9 Å². The molecule has 131 heavy (non-hydrogen) atoms. The first kappa shape index (κ1) is 100. The molecule has 10 rings (SSSR count). The molecule has 1 fully saturated rings. The van der Waals surface area contributed by atoms with E-state index in [1.807, 2.05) is 61.5 Å². The summed E-state index contributed by atoms with van der Waals surface area (Å²) < 4.78 is 74.2. The average molecular weight is 1840 g/mol. The van der Waals surface area contributed by atoms with Gasteiger partial charge in [-0.05, 0) is 188 Å². The van der Waals surface area contributed by atoms with Crippen molar-refractivity contribution < 1.29 is 99.4 Å². The van der Waals surface area contributed by atoms with Crippen LogP contribution in [0, 0.1) is 18.7 Å². The maximum absolute atomic E-state index is 14.9. The first-order valence-corrected chi connectivity index (χ1v) is 44.3. The van der Waals surface area contributed by atoms with E-state index in [-0.39, 0.29) is 76.8 Å². The number of halogens is 2. The Balaban J connectivity index is 0.880. The Morgan fingerprint density at radius 3 is 2.05 bits per heavy atom. The number of nitrogens with two attached hydrogens (primary N) is 1. The topological polar surface area (TPSA) is 390 Å². The van der Waals surface area contributed by atoms with E-state index in [4.69, 9.17) is 79.7 Å². The molecular weight excluding hydrogens is 1730 g/mol. The number of anilines is 1. The number of thiophene rings is 1. The molecule has 0 bridgehead atoms. The van der Waals surface area contributed by atoms with E-state index in [0.717, 1.165) is 5.56 Å². The van der Waals surface area contributed by atoms with Crippen LogP contribution in [0.5, 0.6) is 28.9 Å². The number of benzene rings is 6. The lowest BCUT2D eigenvalue weighted by Gasteiger charge is -2.42. The fourth-order valence-electron chi connectivity index (χ4n) is 14.3. The summed E-state index contributed by atoms with van der Waals surface area (Å²) in [5.74, 6) is -2.46. The molecule has 3 aromatic heterocycles. The number of carbonyl (C=O) groups is 9. The van der Waals surface area contributed by atoms with Crippen molar-refractivity contribution in [2.75, 3.05) is 86.1 Å². The number of nitrogens with zero attached hydrogens (tertiary/aromatic N) is 7. The number of nitrogens with one attached hydrogen (secondary N) is 5. The van der Waals surface area contributed by atoms with Gasteiger partial charge in [0.1, 0.15) is 108 Å². The Bertz CT molecular complexity index is 5500. The summed E-state index contributed by atoms with van der Waals surface area (Å²) in [6, 6.07) is 34.0. The molecule has 1 aliphatic heterocycles. The number of primary amides is 1. The van der Waals surface area contributed by atoms with Gasteiger partial charge in [-0.15, -0.1) is 11.3 Å². The third-order valence-electron chi connectivity index (χ3n) is 21.0. The Kier molecular flexibility index (Phi) is 35.0. The van der Waals surface area contributed by atoms with Crippen LogP contribution in [-0.4, -0.2) is 210 Å². The number of quaternary nitrogens is 1. The van der Waals surface area contributed by atoms with E-state index >= 15 is 0 Å². The Labute approximate surface area is 771 Å². The molecule has 7 amide bonds. The largest absolute Gasteiger partial charge is 0.497 e. The zero-order chi connectivity index (χ0) is 95.1. The third kappa shape index (κ3) is 29.9.